The number of hydrogen-bond acceptors (Lipinski definition) is 8. The third-order valence-electron chi connectivity index (χ3n) is 17.6. The van der Waals surface area contributed by atoms with Crippen molar-refractivity contribution in [3.8, 4) is 0 Å². The lowest BCUT2D eigenvalue weighted by atomic mass is 10.0. The number of nitrogens with zero attached hydrogens (tertiary/aromatic N) is 1. The van der Waals surface area contributed by atoms with Crippen molar-refractivity contribution >= 4 is 17.9 Å². The molecule has 0 bridgehead atoms. The van der Waals surface area contributed by atoms with Crippen LogP contribution < -0.4 is 5.11 Å². The van der Waals surface area contributed by atoms with Crippen LogP contribution in [-0.4, -0.2) is 82.3 Å². The number of carbonyl (C=O) groups excluding carboxylic acids is 3. The van der Waals surface area contributed by atoms with Crippen molar-refractivity contribution in [3.63, 3.8) is 0 Å². The fourth-order valence-electron chi connectivity index (χ4n) is 11.4. The van der Waals surface area contributed by atoms with E-state index in [4.69, 9.17) is 18.9 Å². The summed E-state index contributed by atoms with van der Waals surface area (Å²) in [5, 5.41) is 11.9. The van der Waals surface area contributed by atoms with Crippen LogP contribution in [0.2, 0.25) is 0 Å². The van der Waals surface area contributed by atoms with Crippen LogP contribution in [0.4, 0.5) is 0 Å². The fourth-order valence-corrected chi connectivity index (χ4v) is 11.4. The van der Waals surface area contributed by atoms with Crippen LogP contribution in [0.25, 0.3) is 0 Å². The molecule has 9 heteroatoms. The number of likely N-dealkylation sites (N-methyl/N-ethyl adjacent to an activating group) is 1. The summed E-state index contributed by atoms with van der Waals surface area (Å²) < 4.78 is 22.9. The zero-order valence-electron chi connectivity index (χ0n) is 66.9. The Kier molecular flexibility index (Phi) is 77.6. The minimum Gasteiger partial charge on any atom is -0.545 e. The van der Waals surface area contributed by atoms with Crippen molar-refractivity contribution in [2.24, 2.45) is 0 Å². The molecule has 2 atom stereocenters. The second-order valence-corrected chi connectivity index (χ2v) is 28.7. The molecule has 0 rings (SSSR count). The van der Waals surface area contributed by atoms with Crippen LogP contribution in [0.5, 0.6) is 0 Å². The molecule has 2 unspecified atom stereocenters. The first-order valence-electron chi connectivity index (χ1n) is 41.9. The van der Waals surface area contributed by atoms with Gasteiger partial charge in [0.25, 0.3) is 0 Å². The molecule has 9 nitrogen and oxygen atoms in total. The predicted molar refractivity (Wildman–Crippen MR) is 444 cm³/mol. The van der Waals surface area contributed by atoms with Crippen molar-refractivity contribution in [2.75, 3.05) is 47.5 Å². The molecule has 0 N–H and O–H groups in total. The van der Waals surface area contributed by atoms with Crippen LogP contribution in [0, 0.1) is 0 Å². The zero-order valence-corrected chi connectivity index (χ0v) is 66.9. The molecule has 103 heavy (non-hydrogen) atoms. The minimum atomic E-state index is -1.63. The molecular weight excluding hydrogens is 1270 g/mol. The molecule has 584 valence electrons. The molecule has 0 aromatic carbocycles. The van der Waals surface area contributed by atoms with Crippen LogP contribution >= 0.6 is 0 Å². The summed E-state index contributed by atoms with van der Waals surface area (Å²) in [6, 6.07) is 0. The maximum atomic E-state index is 13.0. The average Bonchev–Trinajstić information content (AvgIpc) is 1.01. The van der Waals surface area contributed by atoms with E-state index < -0.39 is 24.3 Å². The van der Waals surface area contributed by atoms with E-state index in [2.05, 4.69) is 196 Å². The van der Waals surface area contributed by atoms with Gasteiger partial charge in [-0.2, -0.15) is 0 Å². The van der Waals surface area contributed by atoms with E-state index in [0.717, 1.165) is 141 Å². The summed E-state index contributed by atoms with van der Waals surface area (Å²) in [6.45, 7) is 4.53. The molecule has 0 saturated heterocycles. The summed E-state index contributed by atoms with van der Waals surface area (Å²) in [5.41, 5.74) is 0. The third-order valence-corrected chi connectivity index (χ3v) is 17.6. The van der Waals surface area contributed by atoms with Gasteiger partial charge >= 0.3 is 11.9 Å². The minimum absolute atomic E-state index is 0.141. The Bertz CT molecular complexity index is 2360. The van der Waals surface area contributed by atoms with E-state index in [0.29, 0.717) is 17.4 Å². The first-order chi connectivity index (χ1) is 50.6. The number of carboxylic acids is 1. The Morgan fingerprint density at radius 2 is 0.524 bits per heavy atom. The third kappa shape index (κ3) is 83.5. The van der Waals surface area contributed by atoms with Gasteiger partial charge in [-0.15, -0.1) is 0 Å². The van der Waals surface area contributed by atoms with Crippen molar-refractivity contribution in [3.05, 3.63) is 182 Å². The van der Waals surface area contributed by atoms with E-state index in [1.807, 2.05) is 21.1 Å². The van der Waals surface area contributed by atoms with Gasteiger partial charge in [-0.3, -0.25) is 9.59 Å². The number of allylic oxidation sites excluding steroid dienone is 30. The Labute approximate surface area is 634 Å². The van der Waals surface area contributed by atoms with Gasteiger partial charge in [0.15, 0.2) is 12.4 Å². The van der Waals surface area contributed by atoms with Gasteiger partial charge in [-0.05, 0) is 135 Å². The Hall–Kier alpha value is -5.61. The number of carbonyl (C=O) groups is 3. The molecule has 0 spiro atoms. The standard InChI is InChI=1S/C94H155NO8/c1-6-8-10-12-14-16-18-20-22-24-26-28-30-32-34-36-38-40-42-44-45-46-47-49-51-53-55-57-59-61-63-65-67-69-71-73-75-77-79-81-83-85-92(97)103-90(89-102-94(93(98)99)100-87-86-95(3,4)5)88-101-91(96)84-82-80-78-76-74-72-70-68-66-64-62-60-58-56-54-52-50-48-43-41-39-37-35-33-31-29-27-25-23-21-19-17-15-13-11-9-7-2/h8-11,14-17,20-23,26-29,32-35,38,40,44-45,47,49,53,55,59,61,90,94H,6-7,12-13,18-19,24-25,30-31,36-37,39,41-43,46,48,50-52,54,56-58,60,62-89H2,1-5H3/b10-8-,11-9-,16-14-,17-15-,22-20-,23-21-,28-26-,29-27-,34-32-,35-33-,40-38-,45-44-,49-47-,55-53-,61-59-. The highest BCUT2D eigenvalue weighted by Crippen LogP contribution is 2.18. The molecule has 0 amide bonds. The number of rotatable bonds is 76. The van der Waals surface area contributed by atoms with E-state index in [1.54, 1.807) is 0 Å². The second-order valence-electron chi connectivity index (χ2n) is 28.7. The van der Waals surface area contributed by atoms with Crippen LogP contribution in [0.15, 0.2) is 182 Å². The molecular formula is C94H155NO8. The lowest BCUT2D eigenvalue weighted by molar-refractivity contribution is -0.870. The van der Waals surface area contributed by atoms with Crippen LogP contribution in [0.1, 0.15) is 335 Å². The first-order valence-corrected chi connectivity index (χ1v) is 41.9. The lowest BCUT2D eigenvalue weighted by Crippen LogP contribution is -2.44. The second kappa shape index (κ2) is 82.1. The van der Waals surface area contributed by atoms with Gasteiger partial charge in [-0.25, -0.2) is 0 Å². The average molecular weight is 1430 g/mol. The van der Waals surface area contributed by atoms with Gasteiger partial charge in [0.1, 0.15) is 13.2 Å². The molecule has 0 heterocycles. The van der Waals surface area contributed by atoms with E-state index in [-0.39, 0.29) is 38.6 Å². The molecule has 0 aliphatic heterocycles. The number of esters is 2. The number of unbranched alkanes of at least 4 members (excludes halogenated alkanes) is 31. The summed E-state index contributed by atoms with van der Waals surface area (Å²) in [5.74, 6) is -2.29. The van der Waals surface area contributed by atoms with Crippen molar-refractivity contribution in [1.82, 2.24) is 0 Å². The summed E-state index contributed by atoms with van der Waals surface area (Å²) in [6.07, 6.45) is 122. The first kappa shape index (κ1) is 97.4. The van der Waals surface area contributed by atoms with Gasteiger partial charge in [0, 0.05) is 12.8 Å². The molecule has 0 fully saturated rings. The summed E-state index contributed by atoms with van der Waals surface area (Å²) >= 11 is 0. The van der Waals surface area contributed by atoms with E-state index in [1.165, 1.54) is 161 Å². The Morgan fingerprint density at radius 3 is 0.777 bits per heavy atom. The molecule has 0 aliphatic rings. The fraction of sp³-hybridized carbons (Fsp3) is 0.649. The van der Waals surface area contributed by atoms with Gasteiger partial charge < -0.3 is 33.3 Å². The molecule has 0 aromatic heterocycles. The summed E-state index contributed by atoms with van der Waals surface area (Å²) in [7, 11) is 5.93. The molecule has 0 aromatic rings. The van der Waals surface area contributed by atoms with Crippen molar-refractivity contribution in [1.29, 1.82) is 0 Å². The molecule has 0 saturated carbocycles. The maximum absolute atomic E-state index is 13.0. The number of ether oxygens (including phenoxy) is 4. The Morgan fingerprint density at radius 1 is 0.291 bits per heavy atom. The number of hydrogen-bond donors (Lipinski definition) is 0. The largest absolute Gasteiger partial charge is 0.545 e. The predicted octanol–water partition coefficient (Wildman–Crippen LogP) is 26.1. The number of quaternary nitrogens is 1. The van der Waals surface area contributed by atoms with Crippen LogP contribution in [-0.2, 0) is 33.3 Å². The smallest absolute Gasteiger partial charge is 0.306 e. The Balaban J connectivity index is 4.06. The number of carboxylic acid groups (broad SMARTS) is 1. The zero-order chi connectivity index (χ0) is 74.6. The summed E-state index contributed by atoms with van der Waals surface area (Å²) in [4.78, 5) is 37.7. The quantitative estimate of drug-likeness (QED) is 0.0195. The molecule has 0 radical (unpaired) electrons. The van der Waals surface area contributed by atoms with Gasteiger partial charge in [0.05, 0.1) is 40.3 Å². The van der Waals surface area contributed by atoms with Crippen molar-refractivity contribution in [2.45, 2.75) is 347 Å². The highest BCUT2D eigenvalue weighted by atomic mass is 16.7. The van der Waals surface area contributed by atoms with Crippen molar-refractivity contribution < 1.29 is 42.9 Å². The highest BCUT2D eigenvalue weighted by Gasteiger charge is 2.22. The highest BCUT2D eigenvalue weighted by molar-refractivity contribution is 5.70. The van der Waals surface area contributed by atoms with E-state index >= 15 is 0 Å². The molecule has 0 aliphatic carbocycles. The normalized spacial score (nSPS) is 13.6. The lowest BCUT2D eigenvalue weighted by Gasteiger charge is -2.26. The topological polar surface area (TPSA) is 111 Å². The van der Waals surface area contributed by atoms with Crippen LogP contribution in [0.3, 0.4) is 0 Å². The monoisotopic (exact) mass is 1430 g/mol. The van der Waals surface area contributed by atoms with Gasteiger partial charge in [-0.1, -0.05) is 369 Å². The number of aliphatic carboxylic acids is 1. The van der Waals surface area contributed by atoms with Gasteiger partial charge in [0.2, 0.25) is 0 Å². The van der Waals surface area contributed by atoms with E-state index in [9.17, 15) is 19.5 Å². The SMILES string of the molecule is CC/C=C\C/C=C\C/C=C\C/C=C\C/C=C\C/C=C\C/C=C\C/C=C\C/C=C\C/C=C\CCCCCCCCCCCCC(=O)OC(COC(=O)CCCCCCCCCCCCCCCCCCCCCCC/C=C\C/C=C\C/C=C\C/C=C\C/C=C\CC)COC(OCC[N+](C)(C)C)C(=O)[O-]. The maximum Gasteiger partial charge on any atom is 0.306 e.